The minimum atomic E-state index is -0.398. The third kappa shape index (κ3) is 5.75. The maximum Gasteiger partial charge on any atom is 0.271 e. The molecule has 6 nitrogen and oxygen atoms in total. The van der Waals surface area contributed by atoms with E-state index in [1.165, 1.54) is 19.2 Å². The quantitative estimate of drug-likeness (QED) is 0.458. The van der Waals surface area contributed by atoms with Crippen molar-refractivity contribution in [3.8, 4) is 5.75 Å². The number of benzene rings is 3. The summed E-state index contributed by atoms with van der Waals surface area (Å²) in [5, 5.41) is 6.60. The van der Waals surface area contributed by atoms with Crippen LogP contribution in [0.25, 0.3) is 0 Å². The fraction of sp³-hybridized carbons (Fsp3) is 0.0870. The maximum absolute atomic E-state index is 13.8. The normalized spacial score (nSPS) is 10.6. The molecule has 2 amide bonds. The zero-order chi connectivity index (χ0) is 21.3. The predicted octanol–water partition coefficient (Wildman–Crippen LogP) is 4.13. The summed E-state index contributed by atoms with van der Waals surface area (Å²) in [6.07, 6.45) is 1.46. The number of amides is 2. The summed E-state index contributed by atoms with van der Waals surface area (Å²) in [4.78, 5) is 23.3. The molecule has 0 bridgehead atoms. The molecule has 3 aromatic carbocycles. The van der Waals surface area contributed by atoms with Gasteiger partial charge in [-0.05, 0) is 42.5 Å². The van der Waals surface area contributed by atoms with E-state index in [1.54, 1.807) is 66.7 Å². The van der Waals surface area contributed by atoms with E-state index in [0.717, 1.165) is 0 Å². The van der Waals surface area contributed by atoms with Crippen LogP contribution in [0.5, 0.6) is 5.75 Å². The Morgan fingerprint density at radius 3 is 2.43 bits per heavy atom. The van der Waals surface area contributed by atoms with E-state index in [9.17, 15) is 14.0 Å². The summed E-state index contributed by atoms with van der Waals surface area (Å²) in [7, 11) is 0. The predicted molar refractivity (Wildman–Crippen MR) is 113 cm³/mol. The molecule has 30 heavy (non-hydrogen) atoms. The molecule has 0 aliphatic heterocycles. The molecule has 0 aliphatic rings. The molecule has 0 heterocycles. The number of carbonyl (C=O) groups excluding carboxylic acids is 2. The number of halogens is 1. The van der Waals surface area contributed by atoms with Gasteiger partial charge in [0, 0.05) is 29.3 Å². The lowest BCUT2D eigenvalue weighted by Gasteiger charge is -2.09. The number of rotatable bonds is 7. The molecule has 3 aromatic rings. The molecule has 0 saturated carbocycles. The summed E-state index contributed by atoms with van der Waals surface area (Å²) in [6, 6.07) is 19.9. The van der Waals surface area contributed by atoms with Crippen molar-refractivity contribution in [3.63, 3.8) is 0 Å². The summed E-state index contributed by atoms with van der Waals surface area (Å²) in [5.41, 5.74) is 4.52. The zero-order valence-electron chi connectivity index (χ0n) is 16.3. The Balaban J connectivity index is 1.61. The van der Waals surface area contributed by atoms with Gasteiger partial charge >= 0.3 is 0 Å². The molecule has 7 heteroatoms. The van der Waals surface area contributed by atoms with Crippen molar-refractivity contribution in [3.05, 3.63) is 95.3 Å². The average Bonchev–Trinajstić information content (AvgIpc) is 2.74. The number of hydrogen-bond donors (Lipinski definition) is 2. The van der Waals surface area contributed by atoms with E-state index in [4.69, 9.17) is 4.74 Å². The molecule has 152 valence electrons. The Kier molecular flexibility index (Phi) is 6.89. The van der Waals surface area contributed by atoms with E-state index in [2.05, 4.69) is 15.8 Å². The highest BCUT2D eigenvalue weighted by molar-refractivity contribution is 5.96. The first-order valence-corrected chi connectivity index (χ1v) is 9.19. The number of hydrazone groups is 1. The Morgan fingerprint density at radius 2 is 1.70 bits per heavy atom. The van der Waals surface area contributed by atoms with Gasteiger partial charge in [0.2, 0.25) is 5.91 Å². The van der Waals surface area contributed by atoms with Crippen molar-refractivity contribution in [2.45, 2.75) is 13.5 Å². The molecular formula is C23H20FN3O3. The Labute approximate surface area is 173 Å². The first-order chi connectivity index (χ1) is 14.5. The summed E-state index contributed by atoms with van der Waals surface area (Å²) in [5.74, 6) is -0.406. The van der Waals surface area contributed by atoms with Crippen molar-refractivity contribution >= 4 is 23.7 Å². The van der Waals surface area contributed by atoms with Crippen LogP contribution in [-0.4, -0.2) is 18.0 Å². The van der Waals surface area contributed by atoms with Gasteiger partial charge in [-0.1, -0.05) is 30.3 Å². The highest BCUT2D eigenvalue weighted by Crippen LogP contribution is 2.18. The molecule has 0 aromatic heterocycles. The fourth-order valence-electron chi connectivity index (χ4n) is 2.62. The number of nitrogens with one attached hydrogen (secondary N) is 2. The number of para-hydroxylation sites is 1. The lowest BCUT2D eigenvalue weighted by Crippen LogP contribution is -2.17. The Morgan fingerprint density at radius 1 is 1.00 bits per heavy atom. The highest BCUT2D eigenvalue weighted by Gasteiger charge is 2.06. The molecule has 0 fully saturated rings. The first kappa shape index (κ1) is 20.7. The van der Waals surface area contributed by atoms with Crippen molar-refractivity contribution in [2.24, 2.45) is 5.10 Å². The number of ether oxygens (including phenoxy) is 1. The smallest absolute Gasteiger partial charge is 0.271 e. The van der Waals surface area contributed by atoms with E-state index in [0.29, 0.717) is 28.1 Å². The summed E-state index contributed by atoms with van der Waals surface area (Å²) in [6.45, 7) is 1.48. The SMILES string of the molecule is CC(=O)Nc1ccc(C(=O)N/N=C\c2ccccc2OCc2ccccc2F)cc1. The molecule has 0 spiro atoms. The molecular weight excluding hydrogens is 385 g/mol. The second kappa shape index (κ2) is 9.97. The van der Waals surface area contributed by atoms with Crippen LogP contribution in [-0.2, 0) is 11.4 Å². The van der Waals surface area contributed by atoms with E-state index >= 15 is 0 Å². The summed E-state index contributed by atoms with van der Waals surface area (Å²) >= 11 is 0. The van der Waals surface area contributed by atoms with Crippen molar-refractivity contribution in [1.29, 1.82) is 0 Å². The Hall–Kier alpha value is -4.00. The lowest BCUT2D eigenvalue weighted by molar-refractivity contribution is -0.114. The van der Waals surface area contributed by atoms with Crippen molar-refractivity contribution in [1.82, 2.24) is 5.43 Å². The van der Waals surface area contributed by atoms with Crippen LogP contribution in [0.2, 0.25) is 0 Å². The van der Waals surface area contributed by atoms with Gasteiger partial charge in [0.05, 0.1) is 6.21 Å². The molecule has 0 radical (unpaired) electrons. The topological polar surface area (TPSA) is 79.8 Å². The van der Waals surface area contributed by atoms with Gasteiger partial charge < -0.3 is 10.1 Å². The second-order valence-corrected chi connectivity index (χ2v) is 6.38. The van der Waals surface area contributed by atoms with E-state index in [-0.39, 0.29) is 18.3 Å². The number of carbonyl (C=O) groups is 2. The molecule has 0 unspecified atom stereocenters. The van der Waals surface area contributed by atoms with Crippen molar-refractivity contribution in [2.75, 3.05) is 5.32 Å². The highest BCUT2D eigenvalue weighted by atomic mass is 19.1. The van der Waals surface area contributed by atoms with Crippen LogP contribution in [0.3, 0.4) is 0 Å². The van der Waals surface area contributed by atoms with Crippen LogP contribution in [0.15, 0.2) is 77.9 Å². The molecule has 0 saturated heterocycles. The maximum atomic E-state index is 13.8. The minimum Gasteiger partial charge on any atom is -0.488 e. The second-order valence-electron chi connectivity index (χ2n) is 6.38. The fourth-order valence-corrected chi connectivity index (χ4v) is 2.62. The third-order valence-electron chi connectivity index (χ3n) is 4.10. The van der Waals surface area contributed by atoms with Gasteiger partial charge in [0.15, 0.2) is 0 Å². The summed E-state index contributed by atoms with van der Waals surface area (Å²) < 4.78 is 19.5. The molecule has 0 aliphatic carbocycles. The molecule has 0 atom stereocenters. The zero-order valence-corrected chi connectivity index (χ0v) is 16.3. The van der Waals surface area contributed by atoms with Gasteiger partial charge in [-0.3, -0.25) is 9.59 Å². The van der Waals surface area contributed by atoms with Gasteiger partial charge in [-0.15, -0.1) is 0 Å². The van der Waals surface area contributed by atoms with Gasteiger partial charge in [-0.2, -0.15) is 5.10 Å². The standard InChI is InChI=1S/C23H20FN3O3/c1-16(28)26-20-12-10-17(11-13-20)23(29)27-25-14-18-6-3-5-9-22(18)30-15-19-7-2-4-8-21(19)24/h2-14H,15H2,1H3,(H,26,28)(H,27,29)/b25-14-. The van der Waals surface area contributed by atoms with Crippen LogP contribution >= 0.6 is 0 Å². The number of nitrogens with zero attached hydrogens (tertiary/aromatic N) is 1. The van der Waals surface area contributed by atoms with E-state index < -0.39 is 5.91 Å². The third-order valence-corrected chi connectivity index (χ3v) is 4.10. The largest absolute Gasteiger partial charge is 0.488 e. The Bertz CT molecular complexity index is 1070. The van der Waals surface area contributed by atoms with Crippen LogP contribution in [0.4, 0.5) is 10.1 Å². The lowest BCUT2D eigenvalue weighted by atomic mass is 10.2. The first-order valence-electron chi connectivity index (χ1n) is 9.19. The van der Waals surface area contributed by atoms with Gasteiger partial charge in [0.1, 0.15) is 18.2 Å². The van der Waals surface area contributed by atoms with Crippen LogP contribution in [0, 0.1) is 5.82 Å². The van der Waals surface area contributed by atoms with Gasteiger partial charge in [0.25, 0.3) is 5.91 Å². The molecule has 2 N–H and O–H groups in total. The number of anilines is 1. The monoisotopic (exact) mass is 405 g/mol. The van der Waals surface area contributed by atoms with Crippen molar-refractivity contribution < 1.29 is 18.7 Å². The van der Waals surface area contributed by atoms with Gasteiger partial charge in [-0.25, -0.2) is 9.82 Å². The average molecular weight is 405 g/mol. The minimum absolute atomic E-state index is 0.0739. The van der Waals surface area contributed by atoms with E-state index in [1.807, 2.05) is 0 Å². The molecule has 3 rings (SSSR count). The van der Waals surface area contributed by atoms with Crippen LogP contribution < -0.4 is 15.5 Å². The van der Waals surface area contributed by atoms with Crippen LogP contribution in [0.1, 0.15) is 28.4 Å². The number of hydrogen-bond acceptors (Lipinski definition) is 4.